The number of hydrazine groups is 1. The van der Waals surface area contributed by atoms with Crippen LogP contribution in [0.2, 0.25) is 0 Å². The number of nitrogens with zero attached hydrogens (tertiary/aromatic N) is 1. The third-order valence-electron chi connectivity index (χ3n) is 2.39. The molecule has 0 aliphatic heterocycles. The summed E-state index contributed by atoms with van der Waals surface area (Å²) in [6.45, 7) is 0. The van der Waals surface area contributed by atoms with Crippen LogP contribution in [0.25, 0.3) is 0 Å². The van der Waals surface area contributed by atoms with E-state index in [0.717, 1.165) is 20.2 Å². The lowest BCUT2D eigenvalue weighted by Crippen LogP contribution is -2.29. The second kappa shape index (κ2) is 6.06. The third-order valence-corrected chi connectivity index (χ3v) is 4.35. The lowest BCUT2D eigenvalue weighted by molar-refractivity contribution is 0.552. The van der Waals surface area contributed by atoms with Gasteiger partial charge in [0, 0.05) is 16.9 Å². The molecule has 1 atom stereocenters. The molecule has 3 nitrogen and oxygen atoms in total. The zero-order valence-electron chi connectivity index (χ0n) is 8.86. The van der Waals surface area contributed by atoms with E-state index in [9.17, 15) is 0 Å². The first kappa shape index (κ1) is 13.2. The fourth-order valence-corrected chi connectivity index (χ4v) is 3.22. The highest BCUT2D eigenvalue weighted by molar-refractivity contribution is 9.11. The number of rotatable bonds is 4. The molecule has 0 aliphatic rings. The van der Waals surface area contributed by atoms with Gasteiger partial charge in [0.05, 0.1) is 9.83 Å². The quantitative estimate of drug-likeness (QED) is 0.634. The predicted octanol–water partition coefficient (Wildman–Crippen LogP) is 3.42. The summed E-state index contributed by atoms with van der Waals surface area (Å²) in [5.41, 5.74) is 5.17. The highest BCUT2D eigenvalue weighted by atomic mass is 79.9. The van der Waals surface area contributed by atoms with E-state index in [1.807, 2.05) is 6.20 Å². The maximum atomic E-state index is 5.61. The number of hydrogen-bond acceptors (Lipinski definition) is 4. The summed E-state index contributed by atoms with van der Waals surface area (Å²) in [4.78, 5) is 4.15. The zero-order valence-corrected chi connectivity index (χ0v) is 12.8. The molecule has 1 unspecified atom stereocenters. The van der Waals surface area contributed by atoms with E-state index < -0.39 is 0 Å². The third kappa shape index (κ3) is 3.59. The molecule has 6 heteroatoms. The molecule has 0 spiro atoms. The largest absolute Gasteiger partial charge is 0.271 e. The summed E-state index contributed by atoms with van der Waals surface area (Å²) in [6, 6.07) is 4.24. The maximum Gasteiger partial charge on any atom is 0.0701 e. The average molecular weight is 377 g/mol. The van der Waals surface area contributed by atoms with E-state index >= 15 is 0 Å². The van der Waals surface area contributed by atoms with Crippen LogP contribution in [-0.4, -0.2) is 4.98 Å². The Balaban J connectivity index is 2.15. The van der Waals surface area contributed by atoms with Crippen molar-refractivity contribution in [3.63, 3.8) is 0 Å². The van der Waals surface area contributed by atoms with Crippen molar-refractivity contribution in [1.29, 1.82) is 0 Å². The van der Waals surface area contributed by atoms with Gasteiger partial charge in [-0.05, 0) is 66.9 Å². The summed E-state index contributed by atoms with van der Waals surface area (Å²) in [6.07, 6.45) is 4.44. The first-order chi connectivity index (χ1) is 8.19. The summed E-state index contributed by atoms with van der Waals surface area (Å²) in [5.74, 6) is 5.61. The molecular formula is C11H11Br2N3S. The number of halogens is 2. The van der Waals surface area contributed by atoms with Gasteiger partial charge in [-0.1, -0.05) is 0 Å². The van der Waals surface area contributed by atoms with Crippen LogP contribution in [-0.2, 0) is 6.42 Å². The second-order valence-electron chi connectivity index (χ2n) is 3.62. The molecule has 2 aromatic heterocycles. The summed E-state index contributed by atoms with van der Waals surface area (Å²) >= 11 is 8.53. The van der Waals surface area contributed by atoms with Crippen LogP contribution in [0, 0.1) is 0 Å². The summed E-state index contributed by atoms with van der Waals surface area (Å²) < 4.78 is 2.09. The van der Waals surface area contributed by atoms with Crippen LogP contribution in [0.1, 0.15) is 17.2 Å². The number of hydrogen-bond donors (Lipinski definition) is 2. The van der Waals surface area contributed by atoms with Gasteiger partial charge in [0.25, 0.3) is 0 Å². The van der Waals surface area contributed by atoms with Gasteiger partial charge < -0.3 is 0 Å². The standard InChI is InChI=1S/C11H11Br2N3S/c12-9-1-7(4-15-5-9)2-10(16-14)8-3-11(13)17-6-8/h1,3-6,10,16H,2,14H2. The van der Waals surface area contributed by atoms with Crippen LogP contribution in [0.4, 0.5) is 0 Å². The molecule has 90 valence electrons. The average Bonchev–Trinajstić information content (AvgIpc) is 2.73. The number of nitrogens with one attached hydrogen (secondary N) is 1. The second-order valence-corrected chi connectivity index (χ2v) is 6.83. The van der Waals surface area contributed by atoms with Crippen LogP contribution in [0.3, 0.4) is 0 Å². The molecule has 0 bridgehead atoms. The SMILES string of the molecule is NNC(Cc1cncc(Br)c1)c1csc(Br)c1. The highest BCUT2D eigenvalue weighted by Gasteiger charge is 2.12. The van der Waals surface area contributed by atoms with E-state index in [0.29, 0.717) is 0 Å². The molecule has 17 heavy (non-hydrogen) atoms. The van der Waals surface area contributed by atoms with Crippen molar-refractivity contribution >= 4 is 43.2 Å². The van der Waals surface area contributed by atoms with Crippen LogP contribution in [0.5, 0.6) is 0 Å². The van der Waals surface area contributed by atoms with Gasteiger partial charge >= 0.3 is 0 Å². The van der Waals surface area contributed by atoms with Gasteiger partial charge in [-0.15, -0.1) is 11.3 Å². The predicted molar refractivity (Wildman–Crippen MR) is 77.7 cm³/mol. The Morgan fingerprint density at radius 1 is 1.35 bits per heavy atom. The molecule has 2 heterocycles. The Labute approximate surface area is 121 Å². The molecule has 0 saturated heterocycles. The Hall–Kier alpha value is -0.270. The number of nitrogens with two attached hydrogens (primary N) is 1. The first-order valence-electron chi connectivity index (χ1n) is 4.98. The topological polar surface area (TPSA) is 50.9 Å². The Morgan fingerprint density at radius 2 is 2.18 bits per heavy atom. The van der Waals surface area contributed by atoms with Gasteiger partial charge in [0.15, 0.2) is 0 Å². The first-order valence-corrected chi connectivity index (χ1v) is 7.45. The molecule has 2 aromatic rings. The van der Waals surface area contributed by atoms with Crippen molar-refractivity contribution in [2.75, 3.05) is 0 Å². The number of thiophene rings is 1. The van der Waals surface area contributed by atoms with Crippen LogP contribution in [0.15, 0.2) is 38.2 Å². The molecular weight excluding hydrogens is 366 g/mol. The number of pyridine rings is 1. The highest BCUT2D eigenvalue weighted by Crippen LogP contribution is 2.27. The van der Waals surface area contributed by atoms with Gasteiger partial charge in [0.2, 0.25) is 0 Å². The lowest BCUT2D eigenvalue weighted by atomic mass is 10.0. The van der Waals surface area contributed by atoms with Crippen LogP contribution < -0.4 is 11.3 Å². The monoisotopic (exact) mass is 375 g/mol. The fraction of sp³-hybridized carbons (Fsp3) is 0.182. The van der Waals surface area contributed by atoms with E-state index in [-0.39, 0.29) is 6.04 Å². The smallest absolute Gasteiger partial charge is 0.0701 e. The number of aromatic nitrogens is 1. The molecule has 0 amide bonds. The van der Waals surface area contributed by atoms with E-state index in [4.69, 9.17) is 5.84 Å². The minimum atomic E-state index is 0.105. The van der Waals surface area contributed by atoms with E-state index in [1.165, 1.54) is 5.56 Å². The van der Waals surface area contributed by atoms with Crippen molar-refractivity contribution < 1.29 is 0 Å². The van der Waals surface area contributed by atoms with Crippen molar-refractivity contribution in [2.24, 2.45) is 5.84 Å². The molecule has 0 fully saturated rings. The maximum absolute atomic E-state index is 5.61. The molecule has 0 saturated carbocycles. The minimum absolute atomic E-state index is 0.105. The Bertz CT molecular complexity index is 501. The fourth-order valence-electron chi connectivity index (χ4n) is 1.58. The van der Waals surface area contributed by atoms with Crippen LogP contribution >= 0.6 is 43.2 Å². The Morgan fingerprint density at radius 3 is 2.76 bits per heavy atom. The molecule has 3 N–H and O–H groups in total. The molecule has 0 aromatic carbocycles. The van der Waals surface area contributed by atoms with Crippen molar-refractivity contribution in [1.82, 2.24) is 10.4 Å². The summed E-state index contributed by atoms with van der Waals surface area (Å²) in [5, 5.41) is 2.10. The molecule has 0 aliphatic carbocycles. The van der Waals surface area contributed by atoms with E-state index in [2.05, 4.69) is 59.8 Å². The van der Waals surface area contributed by atoms with Crippen molar-refractivity contribution in [3.8, 4) is 0 Å². The Kier molecular flexibility index (Phi) is 4.69. The van der Waals surface area contributed by atoms with Gasteiger partial charge in [-0.25, -0.2) is 0 Å². The van der Waals surface area contributed by atoms with Gasteiger partial charge in [-0.2, -0.15) is 0 Å². The van der Waals surface area contributed by atoms with Gasteiger partial charge in [0.1, 0.15) is 0 Å². The van der Waals surface area contributed by atoms with Crippen molar-refractivity contribution in [3.05, 3.63) is 49.3 Å². The normalized spacial score (nSPS) is 12.6. The zero-order chi connectivity index (χ0) is 12.3. The van der Waals surface area contributed by atoms with E-state index in [1.54, 1.807) is 17.5 Å². The molecule has 2 rings (SSSR count). The molecule has 0 radical (unpaired) electrons. The summed E-state index contributed by atoms with van der Waals surface area (Å²) in [7, 11) is 0. The van der Waals surface area contributed by atoms with Gasteiger partial charge in [-0.3, -0.25) is 16.3 Å². The van der Waals surface area contributed by atoms with Crippen molar-refractivity contribution in [2.45, 2.75) is 12.5 Å². The minimum Gasteiger partial charge on any atom is -0.271 e. The lowest BCUT2D eigenvalue weighted by Gasteiger charge is -2.14.